The first-order valence-corrected chi connectivity index (χ1v) is 9.94. The summed E-state index contributed by atoms with van der Waals surface area (Å²) in [5.74, 6) is -0.278. The van der Waals surface area contributed by atoms with Crippen LogP contribution in [-0.2, 0) is 18.4 Å². The molecule has 0 atom stereocenters. The molecule has 5 heteroatoms. The topological polar surface area (TPSA) is 44.8 Å². The lowest BCUT2D eigenvalue weighted by Crippen LogP contribution is -2.42. The van der Waals surface area contributed by atoms with Crippen molar-refractivity contribution < 1.29 is 18.4 Å². The summed E-state index contributed by atoms with van der Waals surface area (Å²) in [7, 11) is -2.11. The number of esters is 1. The smallest absolute Gasteiger partial charge is 0.337 e. The second-order valence-corrected chi connectivity index (χ2v) is 8.34. The number of carbonyl (C=O) groups is 1. The van der Waals surface area contributed by atoms with E-state index in [-0.39, 0.29) is 5.97 Å². The Kier molecular flexibility index (Phi) is 11.7. The second kappa shape index (κ2) is 12.1. The van der Waals surface area contributed by atoms with E-state index in [1.807, 2.05) is 0 Å². The molecule has 0 rings (SSSR count). The second-order valence-electron chi connectivity index (χ2n) is 4.73. The monoisotopic (exact) mass is 302 g/mol. The summed E-state index contributed by atoms with van der Waals surface area (Å²) >= 11 is 0. The van der Waals surface area contributed by atoms with Crippen molar-refractivity contribution in [3.63, 3.8) is 0 Å². The van der Waals surface area contributed by atoms with Gasteiger partial charge in [-0.2, -0.15) is 0 Å². The van der Waals surface area contributed by atoms with E-state index in [0.717, 1.165) is 44.6 Å². The van der Waals surface area contributed by atoms with Crippen LogP contribution in [0, 0.1) is 0 Å². The van der Waals surface area contributed by atoms with Gasteiger partial charge in [-0.25, -0.2) is 4.79 Å². The molecule has 0 aliphatic heterocycles. The van der Waals surface area contributed by atoms with Gasteiger partial charge in [0.2, 0.25) is 0 Å². The number of allylic oxidation sites excluding steroid dienone is 1. The van der Waals surface area contributed by atoms with Crippen LogP contribution in [0.4, 0.5) is 0 Å². The fraction of sp³-hybridized carbons (Fsp3) is 0.800. The molecular formula is C15H30O4Si. The molecule has 0 aromatic rings. The zero-order chi connectivity index (χ0) is 15.3. The van der Waals surface area contributed by atoms with Crippen molar-refractivity contribution in [2.75, 3.05) is 19.8 Å². The molecule has 0 saturated heterocycles. The van der Waals surface area contributed by atoms with Crippen molar-refractivity contribution in [3.8, 4) is 0 Å². The third-order valence-electron chi connectivity index (χ3n) is 2.93. The maximum absolute atomic E-state index is 11.2. The van der Waals surface area contributed by atoms with Gasteiger partial charge in [-0.15, -0.1) is 0 Å². The molecule has 0 fully saturated rings. The Morgan fingerprint density at radius 1 is 1.05 bits per heavy atom. The fourth-order valence-corrected chi connectivity index (χ4v) is 4.81. The van der Waals surface area contributed by atoms with E-state index in [2.05, 4.69) is 20.8 Å². The lowest BCUT2D eigenvalue weighted by atomic mass is 10.5. The Morgan fingerprint density at radius 2 is 1.65 bits per heavy atom. The summed E-state index contributed by atoms with van der Waals surface area (Å²) in [4.78, 5) is 11.2. The van der Waals surface area contributed by atoms with E-state index >= 15 is 0 Å². The van der Waals surface area contributed by atoms with Crippen molar-refractivity contribution in [2.24, 2.45) is 0 Å². The van der Waals surface area contributed by atoms with E-state index < -0.39 is 8.56 Å². The third kappa shape index (κ3) is 8.50. The van der Waals surface area contributed by atoms with Gasteiger partial charge in [-0.3, -0.25) is 0 Å². The van der Waals surface area contributed by atoms with E-state index in [1.165, 1.54) is 6.08 Å². The highest BCUT2D eigenvalue weighted by molar-refractivity contribution is 6.67. The van der Waals surface area contributed by atoms with Crippen LogP contribution < -0.4 is 0 Å². The lowest BCUT2D eigenvalue weighted by Gasteiger charge is -2.29. The Labute approximate surface area is 124 Å². The first-order chi connectivity index (χ1) is 9.64. The largest absolute Gasteiger partial charge is 0.463 e. The normalized spacial score (nSPS) is 12.0. The highest BCUT2D eigenvalue weighted by atomic mass is 28.4. The van der Waals surface area contributed by atoms with E-state index in [9.17, 15) is 4.79 Å². The van der Waals surface area contributed by atoms with Crippen LogP contribution in [0.25, 0.3) is 0 Å². The van der Waals surface area contributed by atoms with Crippen LogP contribution in [0.15, 0.2) is 12.2 Å². The van der Waals surface area contributed by atoms with Crippen LogP contribution >= 0.6 is 0 Å². The predicted octanol–water partition coefficient (Wildman–Crippen LogP) is 3.81. The Morgan fingerprint density at radius 3 is 2.10 bits per heavy atom. The number of rotatable bonds is 12. The minimum Gasteiger partial charge on any atom is -0.463 e. The van der Waals surface area contributed by atoms with Gasteiger partial charge in [-0.05, 0) is 38.3 Å². The number of carbonyl (C=O) groups excluding carboxylic acids is 1. The molecule has 0 amide bonds. The zero-order valence-corrected chi connectivity index (χ0v) is 14.4. The molecule has 0 bridgehead atoms. The molecule has 0 aromatic carbocycles. The summed E-state index contributed by atoms with van der Waals surface area (Å²) in [6.45, 7) is 10.1. The van der Waals surface area contributed by atoms with Crippen LogP contribution in [0.3, 0.4) is 0 Å². The number of hydrogen-bond acceptors (Lipinski definition) is 4. The Hall–Kier alpha value is -0.653. The van der Waals surface area contributed by atoms with Crippen molar-refractivity contribution >= 4 is 14.5 Å². The van der Waals surface area contributed by atoms with Crippen LogP contribution in [0.1, 0.15) is 47.0 Å². The highest BCUT2D eigenvalue weighted by Gasteiger charge is 2.34. The maximum atomic E-state index is 11.2. The summed E-state index contributed by atoms with van der Waals surface area (Å²) in [6, 6.07) is 1.82. The SMILES string of the molecule is CC=CC(=O)OCCC[Si](CC)(OCCC)OCCC. The average Bonchev–Trinajstić information content (AvgIpc) is 2.46. The summed E-state index contributed by atoms with van der Waals surface area (Å²) in [6.07, 6.45) is 5.92. The van der Waals surface area contributed by atoms with Gasteiger partial charge in [0, 0.05) is 19.3 Å². The average molecular weight is 302 g/mol. The van der Waals surface area contributed by atoms with Gasteiger partial charge in [-0.1, -0.05) is 26.8 Å². The van der Waals surface area contributed by atoms with Crippen molar-refractivity contribution in [3.05, 3.63) is 12.2 Å². The number of ether oxygens (including phenoxy) is 1. The maximum Gasteiger partial charge on any atom is 0.337 e. The van der Waals surface area contributed by atoms with Crippen molar-refractivity contribution in [1.29, 1.82) is 0 Å². The first kappa shape index (κ1) is 19.3. The zero-order valence-electron chi connectivity index (χ0n) is 13.4. The Balaban J connectivity index is 4.22. The molecule has 118 valence electrons. The Bertz CT molecular complexity index is 271. The molecule has 0 aliphatic rings. The van der Waals surface area contributed by atoms with Crippen LogP contribution in [0.2, 0.25) is 12.1 Å². The van der Waals surface area contributed by atoms with Gasteiger partial charge in [0.25, 0.3) is 0 Å². The number of hydrogen-bond donors (Lipinski definition) is 0. The minimum atomic E-state index is -2.11. The molecule has 20 heavy (non-hydrogen) atoms. The third-order valence-corrected chi connectivity index (χ3v) is 6.58. The highest BCUT2D eigenvalue weighted by Crippen LogP contribution is 2.21. The minimum absolute atomic E-state index is 0.278. The van der Waals surface area contributed by atoms with Crippen molar-refractivity contribution in [1.82, 2.24) is 0 Å². The van der Waals surface area contributed by atoms with Gasteiger partial charge < -0.3 is 13.6 Å². The van der Waals surface area contributed by atoms with Gasteiger partial charge in [0.15, 0.2) is 0 Å². The molecule has 4 nitrogen and oxygen atoms in total. The van der Waals surface area contributed by atoms with E-state index in [4.69, 9.17) is 13.6 Å². The summed E-state index contributed by atoms with van der Waals surface area (Å²) in [5, 5.41) is 0. The predicted molar refractivity (Wildman–Crippen MR) is 83.9 cm³/mol. The van der Waals surface area contributed by atoms with Crippen LogP contribution in [-0.4, -0.2) is 34.4 Å². The molecule has 0 radical (unpaired) electrons. The first-order valence-electron chi connectivity index (χ1n) is 7.71. The summed E-state index contributed by atoms with van der Waals surface area (Å²) in [5.41, 5.74) is 0. The molecule has 0 aromatic heterocycles. The van der Waals surface area contributed by atoms with E-state index in [0.29, 0.717) is 6.61 Å². The molecule has 0 aliphatic carbocycles. The molecular weight excluding hydrogens is 272 g/mol. The quantitative estimate of drug-likeness (QED) is 0.238. The van der Waals surface area contributed by atoms with Gasteiger partial charge >= 0.3 is 14.5 Å². The molecule has 0 unspecified atom stereocenters. The van der Waals surface area contributed by atoms with Crippen molar-refractivity contribution in [2.45, 2.75) is 59.0 Å². The van der Waals surface area contributed by atoms with Gasteiger partial charge in [0.05, 0.1) is 6.61 Å². The molecule has 0 spiro atoms. The standard InChI is InChI=1S/C15H30O4Si/c1-5-10-15(16)17-13-9-14-20(8-4,18-11-6-2)19-12-7-3/h5,10H,6-9,11-14H2,1-4H3. The lowest BCUT2D eigenvalue weighted by molar-refractivity contribution is -0.137. The van der Waals surface area contributed by atoms with Crippen LogP contribution in [0.5, 0.6) is 0 Å². The fourth-order valence-electron chi connectivity index (χ4n) is 1.84. The van der Waals surface area contributed by atoms with Gasteiger partial charge in [0.1, 0.15) is 0 Å². The molecule has 0 saturated carbocycles. The molecule has 0 N–H and O–H groups in total. The van der Waals surface area contributed by atoms with E-state index in [1.54, 1.807) is 13.0 Å². The molecule has 0 heterocycles. The summed E-state index contributed by atoms with van der Waals surface area (Å²) < 4.78 is 17.2.